The molecule has 0 radical (unpaired) electrons. The predicted octanol–water partition coefficient (Wildman–Crippen LogP) is 5.05. The van der Waals surface area contributed by atoms with Crippen molar-refractivity contribution >= 4 is 5.69 Å². The first-order valence-corrected chi connectivity index (χ1v) is 8.65. The Morgan fingerprint density at radius 1 is 0.950 bits per heavy atom. The van der Waals surface area contributed by atoms with E-state index in [4.69, 9.17) is 0 Å². The lowest BCUT2D eigenvalue weighted by molar-refractivity contribution is 0.278. The van der Waals surface area contributed by atoms with Gasteiger partial charge in [0.1, 0.15) is 0 Å². The molecule has 1 saturated carbocycles. The van der Waals surface area contributed by atoms with Gasteiger partial charge in [-0.25, -0.2) is 0 Å². The van der Waals surface area contributed by atoms with Crippen molar-refractivity contribution in [2.24, 2.45) is 11.8 Å². The third kappa shape index (κ3) is 3.56. The summed E-state index contributed by atoms with van der Waals surface area (Å²) in [6, 6.07) is 9.39. The van der Waals surface area contributed by atoms with Gasteiger partial charge in [0.2, 0.25) is 0 Å². The van der Waals surface area contributed by atoms with Gasteiger partial charge in [0.15, 0.2) is 0 Å². The first kappa shape index (κ1) is 14.0. The van der Waals surface area contributed by atoms with Gasteiger partial charge in [-0.2, -0.15) is 0 Å². The molecule has 0 amide bonds. The van der Waals surface area contributed by atoms with Gasteiger partial charge in [-0.3, -0.25) is 0 Å². The van der Waals surface area contributed by atoms with Gasteiger partial charge >= 0.3 is 0 Å². The monoisotopic (exact) mass is 271 g/mol. The average molecular weight is 271 g/mol. The molecule has 1 heteroatoms. The van der Waals surface area contributed by atoms with Crippen molar-refractivity contribution in [2.75, 3.05) is 18.0 Å². The lowest BCUT2D eigenvalue weighted by Crippen LogP contribution is -2.17. The van der Waals surface area contributed by atoms with Crippen LogP contribution in [0.3, 0.4) is 0 Å². The first-order valence-electron chi connectivity index (χ1n) is 8.65. The van der Waals surface area contributed by atoms with E-state index in [0.717, 1.165) is 11.8 Å². The van der Waals surface area contributed by atoms with E-state index in [9.17, 15) is 0 Å². The Kier molecular flexibility index (Phi) is 4.65. The van der Waals surface area contributed by atoms with Crippen LogP contribution < -0.4 is 4.90 Å². The zero-order valence-electron chi connectivity index (χ0n) is 13.0. The van der Waals surface area contributed by atoms with Crippen molar-refractivity contribution in [1.29, 1.82) is 0 Å². The number of nitrogens with zero attached hydrogens (tertiary/aromatic N) is 1. The van der Waals surface area contributed by atoms with Crippen LogP contribution in [0.5, 0.6) is 0 Å². The van der Waals surface area contributed by atoms with E-state index in [0.29, 0.717) is 0 Å². The molecule has 110 valence electrons. The van der Waals surface area contributed by atoms with Crippen LogP contribution in [0.15, 0.2) is 24.3 Å². The van der Waals surface area contributed by atoms with Gasteiger partial charge in [0.05, 0.1) is 0 Å². The van der Waals surface area contributed by atoms with Gasteiger partial charge in [-0.15, -0.1) is 0 Å². The van der Waals surface area contributed by atoms with Crippen LogP contribution in [0.1, 0.15) is 57.4 Å². The minimum absolute atomic E-state index is 0.978. The number of hydrogen-bond acceptors (Lipinski definition) is 1. The Labute approximate surface area is 124 Å². The van der Waals surface area contributed by atoms with E-state index < -0.39 is 0 Å². The van der Waals surface area contributed by atoms with Crippen molar-refractivity contribution in [3.8, 4) is 0 Å². The summed E-state index contributed by atoms with van der Waals surface area (Å²) in [4.78, 5) is 2.52. The van der Waals surface area contributed by atoms with E-state index in [2.05, 4.69) is 36.1 Å². The summed E-state index contributed by atoms with van der Waals surface area (Å²) >= 11 is 0. The summed E-state index contributed by atoms with van der Waals surface area (Å²) in [6.07, 6.45) is 11.2. The minimum atomic E-state index is 0.978. The summed E-state index contributed by atoms with van der Waals surface area (Å²) in [7, 11) is 0. The smallest absolute Gasteiger partial charge is 0.0366 e. The molecule has 0 unspecified atom stereocenters. The van der Waals surface area contributed by atoms with Crippen LogP contribution in [-0.4, -0.2) is 13.1 Å². The third-order valence-corrected chi connectivity index (χ3v) is 5.38. The molecule has 2 fully saturated rings. The Balaban J connectivity index is 1.48. The molecule has 0 spiro atoms. The molecule has 3 rings (SSSR count). The second kappa shape index (κ2) is 6.65. The van der Waals surface area contributed by atoms with Crippen molar-refractivity contribution < 1.29 is 0 Å². The lowest BCUT2D eigenvalue weighted by atomic mass is 9.80. The van der Waals surface area contributed by atoms with Gasteiger partial charge < -0.3 is 4.90 Å². The van der Waals surface area contributed by atoms with E-state index in [1.807, 2.05) is 0 Å². The molecule has 0 atom stereocenters. The van der Waals surface area contributed by atoms with Gasteiger partial charge in [-0.05, 0) is 55.2 Å². The van der Waals surface area contributed by atoms with Crippen molar-refractivity contribution in [2.45, 2.75) is 58.3 Å². The molecule has 2 aliphatic rings. The highest BCUT2D eigenvalue weighted by atomic mass is 15.1. The molecule has 1 saturated heterocycles. The summed E-state index contributed by atoms with van der Waals surface area (Å²) in [5.74, 6) is 1.97. The summed E-state index contributed by atoms with van der Waals surface area (Å²) in [5, 5.41) is 0. The topological polar surface area (TPSA) is 3.24 Å². The largest absolute Gasteiger partial charge is 0.372 e. The fourth-order valence-corrected chi connectivity index (χ4v) is 3.84. The quantitative estimate of drug-likeness (QED) is 0.741. The maximum absolute atomic E-state index is 2.52. The van der Waals surface area contributed by atoms with Crippen LogP contribution in [0, 0.1) is 11.8 Å². The van der Waals surface area contributed by atoms with E-state index in [-0.39, 0.29) is 0 Å². The fourth-order valence-electron chi connectivity index (χ4n) is 3.84. The van der Waals surface area contributed by atoms with Gasteiger partial charge in [0.25, 0.3) is 0 Å². The molecule has 20 heavy (non-hydrogen) atoms. The molecule has 0 N–H and O–H groups in total. The number of benzene rings is 1. The molecule has 0 aromatic heterocycles. The summed E-state index contributed by atoms with van der Waals surface area (Å²) in [6.45, 7) is 4.91. The predicted molar refractivity (Wildman–Crippen MR) is 87.3 cm³/mol. The van der Waals surface area contributed by atoms with Crippen molar-refractivity contribution in [1.82, 2.24) is 0 Å². The number of rotatable bonds is 4. The van der Waals surface area contributed by atoms with Gasteiger partial charge in [0, 0.05) is 18.8 Å². The second-order valence-corrected chi connectivity index (χ2v) is 7.03. The third-order valence-electron chi connectivity index (χ3n) is 5.38. The number of aryl methyl sites for hydroxylation is 1. The molecule has 0 bridgehead atoms. The zero-order chi connectivity index (χ0) is 13.8. The first-order chi connectivity index (χ1) is 9.81. The van der Waals surface area contributed by atoms with E-state index >= 15 is 0 Å². The van der Waals surface area contributed by atoms with Crippen molar-refractivity contribution in [3.05, 3.63) is 29.8 Å². The normalized spacial score (nSPS) is 26.9. The van der Waals surface area contributed by atoms with Crippen LogP contribution in [0.2, 0.25) is 0 Å². The maximum Gasteiger partial charge on any atom is 0.0366 e. The van der Waals surface area contributed by atoms with Crippen LogP contribution in [-0.2, 0) is 6.42 Å². The Morgan fingerprint density at radius 2 is 1.60 bits per heavy atom. The van der Waals surface area contributed by atoms with E-state index in [1.165, 1.54) is 75.7 Å². The molecular formula is C19H29N. The molecular weight excluding hydrogens is 242 g/mol. The Hall–Kier alpha value is -0.980. The zero-order valence-corrected chi connectivity index (χ0v) is 13.0. The minimum Gasteiger partial charge on any atom is -0.372 e. The SMILES string of the molecule is CC1CCC(CCc2ccc(N3CCCC3)cc2)CC1. The Bertz CT molecular complexity index is 394. The highest BCUT2D eigenvalue weighted by Gasteiger charge is 2.18. The Morgan fingerprint density at radius 3 is 2.25 bits per heavy atom. The molecule has 1 aromatic rings. The second-order valence-electron chi connectivity index (χ2n) is 7.03. The maximum atomic E-state index is 2.52. The number of hydrogen-bond donors (Lipinski definition) is 0. The molecule has 1 aliphatic carbocycles. The molecule has 1 aromatic carbocycles. The van der Waals surface area contributed by atoms with Crippen LogP contribution in [0.25, 0.3) is 0 Å². The standard InChI is InChI=1S/C19H29N/c1-16-4-6-17(7-5-16)8-9-18-10-12-19(13-11-18)20-14-2-3-15-20/h10-13,16-17H,2-9,14-15H2,1H3. The highest BCUT2D eigenvalue weighted by molar-refractivity contribution is 5.48. The molecule has 1 aliphatic heterocycles. The average Bonchev–Trinajstić information content (AvgIpc) is 3.01. The van der Waals surface area contributed by atoms with Crippen molar-refractivity contribution in [3.63, 3.8) is 0 Å². The van der Waals surface area contributed by atoms with E-state index in [1.54, 1.807) is 0 Å². The van der Waals surface area contributed by atoms with Crippen LogP contribution >= 0.6 is 0 Å². The van der Waals surface area contributed by atoms with Gasteiger partial charge in [-0.1, -0.05) is 44.7 Å². The lowest BCUT2D eigenvalue weighted by Gasteiger charge is -2.26. The summed E-state index contributed by atoms with van der Waals surface area (Å²) < 4.78 is 0. The molecule has 1 nitrogen and oxygen atoms in total. The highest BCUT2D eigenvalue weighted by Crippen LogP contribution is 2.31. The van der Waals surface area contributed by atoms with Crippen LogP contribution in [0.4, 0.5) is 5.69 Å². The number of anilines is 1. The fraction of sp³-hybridized carbons (Fsp3) is 0.684. The molecule has 1 heterocycles. The summed E-state index contributed by atoms with van der Waals surface area (Å²) in [5.41, 5.74) is 2.96.